The van der Waals surface area contributed by atoms with Crippen molar-refractivity contribution in [2.75, 3.05) is 26.2 Å². The zero-order chi connectivity index (χ0) is 18.1. The van der Waals surface area contributed by atoms with Gasteiger partial charge in [-0.1, -0.05) is 0 Å². The molecule has 2 aromatic heterocycles. The van der Waals surface area contributed by atoms with Gasteiger partial charge in [0.1, 0.15) is 18.7 Å². The summed E-state index contributed by atoms with van der Waals surface area (Å²) in [6.45, 7) is 4.32. The third kappa shape index (κ3) is 3.31. The molecule has 1 aliphatic carbocycles. The molecule has 10 heteroatoms. The Morgan fingerprint density at radius 2 is 2.00 bits per heavy atom. The van der Waals surface area contributed by atoms with Gasteiger partial charge < -0.3 is 14.8 Å². The highest BCUT2D eigenvalue weighted by atomic mass is 16.2. The topological polar surface area (TPSA) is 113 Å². The number of carbonyl (C=O) groups excluding carboxylic acids is 2. The zero-order valence-corrected chi connectivity index (χ0v) is 14.8. The lowest BCUT2D eigenvalue weighted by atomic mass is 9.88. The highest BCUT2D eigenvalue weighted by molar-refractivity contribution is 5.80. The van der Waals surface area contributed by atoms with Crippen molar-refractivity contribution in [1.29, 1.82) is 0 Å². The van der Waals surface area contributed by atoms with E-state index in [4.69, 9.17) is 0 Å². The number of aromatic amines is 1. The van der Waals surface area contributed by atoms with Gasteiger partial charge in [-0.25, -0.2) is 9.67 Å². The average molecular weight is 358 g/mol. The van der Waals surface area contributed by atoms with Crippen LogP contribution in [0.4, 0.5) is 0 Å². The first-order valence-corrected chi connectivity index (χ1v) is 8.92. The van der Waals surface area contributed by atoms with E-state index in [-0.39, 0.29) is 24.3 Å². The minimum atomic E-state index is -0.0281. The summed E-state index contributed by atoms with van der Waals surface area (Å²) in [5, 5.41) is 10.8. The first-order chi connectivity index (χ1) is 12.6. The lowest BCUT2D eigenvalue weighted by Gasteiger charge is -2.37. The Balaban J connectivity index is 1.30. The molecule has 0 spiro atoms. The maximum Gasteiger partial charge on any atom is 0.244 e. The van der Waals surface area contributed by atoms with Crippen molar-refractivity contribution in [3.63, 3.8) is 0 Å². The van der Waals surface area contributed by atoms with E-state index in [2.05, 4.69) is 25.5 Å². The molecule has 26 heavy (non-hydrogen) atoms. The number of amides is 2. The van der Waals surface area contributed by atoms with E-state index in [1.807, 2.05) is 11.8 Å². The van der Waals surface area contributed by atoms with E-state index in [1.165, 1.54) is 11.0 Å². The summed E-state index contributed by atoms with van der Waals surface area (Å²) in [6.07, 6.45) is 3.84. The van der Waals surface area contributed by atoms with E-state index >= 15 is 0 Å². The summed E-state index contributed by atoms with van der Waals surface area (Å²) in [7, 11) is 0. The fourth-order valence-electron chi connectivity index (χ4n) is 3.76. The molecule has 1 N–H and O–H groups in total. The van der Waals surface area contributed by atoms with Crippen LogP contribution in [-0.2, 0) is 29.0 Å². The largest absolute Gasteiger partial charge is 0.346 e. The van der Waals surface area contributed by atoms with Crippen LogP contribution in [0.25, 0.3) is 0 Å². The number of piperazine rings is 1. The first-order valence-electron chi connectivity index (χ1n) is 8.92. The standard InChI is InChI=1S/C16H22N8O2/c1-11-18-13-3-2-12(8-14(13)19-11)16(26)23-6-4-22(5-7-23)15(25)9-24-10-17-20-21-24/h10,12H,2-9H2,1H3,(H,18,19). The number of hydrogen-bond donors (Lipinski definition) is 1. The van der Waals surface area contributed by atoms with Crippen LogP contribution in [0.15, 0.2) is 6.33 Å². The molecule has 2 aliphatic rings. The first kappa shape index (κ1) is 16.7. The Hall–Kier alpha value is -2.78. The maximum atomic E-state index is 12.9. The second-order valence-corrected chi connectivity index (χ2v) is 6.90. The molecule has 138 valence electrons. The van der Waals surface area contributed by atoms with Crippen LogP contribution in [-0.4, -0.2) is 78.0 Å². The second kappa shape index (κ2) is 6.85. The Morgan fingerprint density at radius 1 is 1.23 bits per heavy atom. The number of aryl methyl sites for hydroxylation is 2. The van der Waals surface area contributed by atoms with Crippen molar-refractivity contribution < 1.29 is 9.59 Å². The van der Waals surface area contributed by atoms with Gasteiger partial charge >= 0.3 is 0 Å². The molecule has 0 aromatic carbocycles. The molecule has 1 fully saturated rings. The zero-order valence-electron chi connectivity index (χ0n) is 14.8. The van der Waals surface area contributed by atoms with Crippen LogP contribution in [0, 0.1) is 12.8 Å². The number of tetrazole rings is 1. The van der Waals surface area contributed by atoms with Crippen LogP contribution < -0.4 is 0 Å². The van der Waals surface area contributed by atoms with Crippen molar-refractivity contribution in [2.45, 2.75) is 32.7 Å². The number of nitrogens with one attached hydrogen (secondary N) is 1. The summed E-state index contributed by atoms with van der Waals surface area (Å²) >= 11 is 0. The number of fused-ring (bicyclic) bond motifs is 1. The van der Waals surface area contributed by atoms with Gasteiger partial charge in [0, 0.05) is 44.2 Å². The molecule has 4 rings (SSSR count). The summed E-state index contributed by atoms with van der Waals surface area (Å²) in [5.74, 6) is 1.08. The average Bonchev–Trinajstić information content (AvgIpc) is 3.28. The molecular formula is C16H22N8O2. The van der Waals surface area contributed by atoms with E-state index < -0.39 is 0 Å². The number of hydrogen-bond acceptors (Lipinski definition) is 6. The molecule has 0 saturated carbocycles. The van der Waals surface area contributed by atoms with E-state index in [9.17, 15) is 9.59 Å². The molecule has 1 atom stereocenters. The van der Waals surface area contributed by atoms with Crippen molar-refractivity contribution in [2.24, 2.45) is 5.92 Å². The van der Waals surface area contributed by atoms with Crippen molar-refractivity contribution in [1.82, 2.24) is 40.0 Å². The Morgan fingerprint density at radius 3 is 2.73 bits per heavy atom. The van der Waals surface area contributed by atoms with Crippen LogP contribution in [0.3, 0.4) is 0 Å². The SMILES string of the molecule is Cc1nc2c([nH]1)CC(C(=O)N1CCN(C(=O)Cn3cnnn3)CC1)CC2. The quantitative estimate of drug-likeness (QED) is 0.767. The number of H-pyrrole nitrogens is 1. The molecule has 3 heterocycles. The van der Waals surface area contributed by atoms with Gasteiger partial charge in [-0.2, -0.15) is 0 Å². The monoisotopic (exact) mass is 358 g/mol. The van der Waals surface area contributed by atoms with Gasteiger partial charge in [0.05, 0.1) is 5.69 Å². The van der Waals surface area contributed by atoms with Gasteiger partial charge in [0.2, 0.25) is 11.8 Å². The summed E-state index contributed by atoms with van der Waals surface area (Å²) in [5.41, 5.74) is 2.20. The Kier molecular flexibility index (Phi) is 4.39. The van der Waals surface area contributed by atoms with E-state index in [0.717, 1.165) is 36.5 Å². The summed E-state index contributed by atoms with van der Waals surface area (Å²) in [6, 6.07) is 0. The van der Waals surface area contributed by atoms with Crippen LogP contribution >= 0.6 is 0 Å². The minimum Gasteiger partial charge on any atom is -0.346 e. The molecule has 1 unspecified atom stereocenters. The van der Waals surface area contributed by atoms with Crippen LogP contribution in [0.2, 0.25) is 0 Å². The van der Waals surface area contributed by atoms with Crippen molar-refractivity contribution in [3.05, 3.63) is 23.5 Å². The number of rotatable bonds is 3. The normalized spacial score (nSPS) is 20.1. The van der Waals surface area contributed by atoms with Crippen molar-refractivity contribution in [3.8, 4) is 0 Å². The molecule has 2 aromatic rings. The molecule has 0 bridgehead atoms. The highest BCUT2D eigenvalue weighted by Crippen LogP contribution is 2.25. The predicted molar refractivity (Wildman–Crippen MR) is 89.8 cm³/mol. The van der Waals surface area contributed by atoms with Gasteiger partial charge in [-0.3, -0.25) is 9.59 Å². The number of nitrogens with zero attached hydrogens (tertiary/aromatic N) is 7. The summed E-state index contributed by atoms with van der Waals surface area (Å²) < 4.78 is 1.41. The fraction of sp³-hybridized carbons (Fsp3) is 0.625. The van der Waals surface area contributed by atoms with Gasteiger partial charge in [0.25, 0.3) is 0 Å². The highest BCUT2D eigenvalue weighted by Gasteiger charge is 2.32. The molecule has 10 nitrogen and oxygen atoms in total. The van der Waals surface area contributed by atoms with Gasteiger partial charge in [-0.05, 0) is 30.2 Å². The van der Waals surface area contributed by atoms with Gasteiger partial charge in [0.15, 0.2) is 0 Å². The minimum absolute atomic E-state index is 0.00539. The fourth-order valence-corrected chi connectivity index (χ4v) is 3.76. The van der Waals surface area contributed by atoms with Crippen LogP contribution in [0.5, 0.6) is 0 Å². The number of carbonyl (C=O) groups is 2. The lowest BCUT2D eigenvalue weighted by molar-refractivity contribution is -0.142. The Bertz CT molecular complexity index is 791. The van der Waals surface area contributed by atoms with E-state index in [1.54, 1.807) is 4.90 Å². The Labute approximate surface area is 150 Å². The smallest absolute Gasteiger partial charge is 0.244 e. The second-order valence-electron chi connectivity index (χ2n) is 6.90. The predicted octanol–water partition coefficient (Wildman–Crippen LogP) is -0.819. The van der Waals surface area contributed by atoms with Crippen LogP contribution in [0.1, 0.15) is 23.6 Å². The number of aromatic nitrogens is 6. The maximum absolute atomic E-state index is 12.9. The molecule has 1 aliphatic heterocycles. The van der Waals surface area contributed by atoms with Gasteiger partial charge in [-0.15, -0.1) is 5.10 Å². The molecule has 1 saturated heterocycles. The molecule has 0 radical (unpaired) electrons. The van der Waals surface area contributed by atoms with Crippen molar-refractivity contribution >= 4 is 11.8 Å². The summed E-state index contributed by atoms with van der Waals surface area (Å²) in [4.78, 5) is 36.5. The third-order valence-electron chi connectivity index (χ3n) is 5.14. The molecular weight excluding hydrogens is 336 g/mol. The molecule has 2 amide bonds. The lowest BCUT2D eigenvalue weighted by Crippen LogP contribution is -2.53. The number of imidazole rings is 1. The third-order valence-corrected chi connectivity index (χ3v) is 5.14. The van der Waals surface area contributed by atoms with E-state index in [0.29, 0.717) is 26.2 Å².